The summed E-state index contributed by atoms with van der Waals surface area (Å²) in [5.74, 6) is 0. The van der Waals surface area contributed by atoms with Crippen LogP contribution in [0.5, 0.6) is 0 Å². The number of hydrogen-bond donors (Lipinski definition) is 1. The van der Waals surface area contributed by atoms with Crippen LogP contribution < -0.4 is 0 Å². The molecule has 0 bridgehead atoms. The molecule has 0 aromatic rings. The molecule has 1 saturated heterocycles. The van der Waals surface area contributed by atoms with E-state index in [1.807, 2.05) is 20.8 Å². The minimum absolute atomic E-state index is 0.236. The third-order valence-corrected chi connectivity index (χ3v) is 7.32. The maximum absolute atomic E-state index is 12.7. The maximum atomic E-state index is 12.7. The van der Waals surface area contributed by atoms with Gasteiger partial charge in [-0.05, 0) is 31.6 Å². The SMILES string of the molecule is CC1(O)CCN(S(=O)(=O)C2(C(C)(C)C)CC2)C1. The second-order valence-corrected chi connectivity index (χ2v) is 9.08. The first-order valence-corrected chi connectivity index (χ1v) is 7.68. The Hall–Kier alpha value is -0.130. The molecule has 1 aliphatic heterocycles. The second-order valence-electron chi connectivity index (χ2n) is 6.83. The van der Waals surface area contributed by atoms with E-state index in [1.54, 1.807) is 6.92 Å². The van der Waals surface area contributed by atoms with Gasteiger partial charge >= 0.3 is 0 Å². The Balaban J connectivity index is 2.28. The van der Waals surface area contributed by atoms with Crippen LogP contribution in [-0.4, -0.2) is 41.3 Å². The Labute approximate surface area is 104 Å². The van der Waals surface area contributed by atoms with Gasteiger partial charge in [-0.15, -0.1) is 0 Å². The number of sulfonamides is 1. The summed E-state index contributed by atoms with van der Waals surface area (Å²) in [6.45, 7) is 8.38. The van der Waals surface area contributed by atoms with Crippen molar-refractivity contribution in [2.45, 2.75) is 57.3 Å². The summed E-state index contributed by atoms with van der Waals surface area (Å²) in [6, 6.07) is 0. The van der Waals surface area contributed by atoms with E-state index in [2.05, 4.69) is 0 Å². The molecule has 0 aromatic heterocycles. The normalized spacial score (nSPS) is 33.9. The largest absolute Gasteiger partial charge is 0.389 e. The van der Waals surface area contributed by atoms with Gasteiger partial charge in [-0.25, -0.2) is 8.42 Å². The lowest BCUT2D eigenvalue weighted by Gasteiger charge is -2.34. The standard InChI is InChI=1S/C12H23NO3S/c1-10(2,3)12(5-6-12)17(15,16)13-8-7-11(4,14)9-13/h14H,5-9H2,1-4H3. The van der Waals surface area contributed by atoms with E-state index in [-0.39, 0.29) is 12.0 Å². The van der Waals surface area contributed by atoms with Gasteiger partial charge in [0.1, 0.15) is 0 Å². The molecule has 1 aliphatic carbocycles. The summed E-state index contributed by atoms with van der Waals surface area (Å²) in [4.78, 5) is 0. The van der Waals surface area contributed by atoms with Crippen molar-refractivity contribution in [3.63, 3.8) is 0 Å². The van der Waals surface area contributed by atoms with E-state index < -0.39 is 20.4 Å². The lowest BCUT2D eigenvalue weighted by atomic mass is 9.90. The number of hydrogen-bond acceptors (Lipinski definition) is 3. The fourth-order valence-corrected chi connectivity index (χ4v) is 5.53. The minimum atomic E-state index is -3.28. The fraction of sp³-hybridized carbons (Fsp3) is 1.00. The van der Waals surface area contributed by atoms with Crippen molar-refractivity contribution < 1.29 is 13.5 Å². The Morgan fingerprint density at radius 1 is 1.18 bits per heavy atom. The third-order valence-electron chi connectivity index (χ3n) is 4.32. The molecular weight excluding hydrogens is 238 g/mol. The first-order chi connectivity index (χ1) is 7.52. The van der Waals surface area contributed by atoms with Crippen LogP contribution in [-0.2, 0) is 10.0 Å². The lowest BCUT2D eigenvalue weighted by molar-refractivity contribution is 0.0760. The Morgan fingerprint density at radius 3 is 2.00 bits per heavy atom. The van der Waals surface area contributed by atoms with Crippen LogP contribution in [0, 0.1) is 5.41 Å². The van der Waals surface area contributed by atoms with Gasteiger partial charge in [0.15, 0.2) is 0 Å². The average Bonchev–Trinajstić information content (AvgIpc) is 2.86. The molecule has 0 spiro atoms. The predicted molar refractivity (Wildman–Crippen MR) is 67.2 cm³/mol. The van der Waals surface area contributed by atoms with Crippen LogP contribution in [0.25, 0.3) is 0 Å². The van der Waals surface area contributed by atoms with E-state index in [1.165, 1.54) is 4.31 Å². The van der Waals surface area contributed by atoms with Crippen molar-refractivity contribution in [3.05, 3.63) is 0 Å². The van der Waals surface area contributed by atoms with Gasteiger partial charge in [-0.2, -0.15) is 4.31 Å². The summed E-state index contributed by atoms with van der Waals surface area (Å²) in [5, 5.41) is 9.91. The Bertz CT molecular complexity index is 416. The molecule has 0 aromatic carbocycles. The van der Waals surface area contributed by atoms with Gasteiger partial charge in [-0.3, -0.25) is 0 Å². The monoisotopic (exact) mass is 261 g/mol. The van der Waals surface area contributed by atoms with Crippen molar-refractivity contribution in [2.75, 3.05) is 13.1 Å². The molecule has 2 aliphatic rings. The highest BCUT2D eigenvalue weighted by Gasteiger charge is 2.64. The van der Waals surface area contributed by atoms with E-state index in [0.29, 0.717) is 13.0 Å². The fourth-order valence-electron chi connectivity index (χ4n) is 2.86. The first kappa shape index (κ1) is 13.3. The Kier molecular flexibility index (Phi) is 2.70. The van der Waals surface area contributed by atoms with Crippen LogP contribution in [0.15, 0.2) is 0 Å². The molecule has 4 nitrogen and oxygen atoms in total. The molecule has 2 fully saturated rings. The zero-order valence-electron chi connectivity index (χ0n) is 11.2. The van der Waals surface area contributed by atoms with Crippen molar-refractivity contribution >= 4 is 10.0 Å². The van der Waals surface area contributed by atoms with Crippen LogP contribution >= 0.6 is 0 Å². The number of rotatable bonds is 2. The number of nitrogens with zero attached hydrogens (tertiary/aromatic N) is 1. The highest BCUT2D eigenvalue weighted by atomic mass is 32.2. The average molecular weight is 261 g/mol. The van der Waals surface area contributed by atoms with Gasteiger partial charge in [0.05, 0.1) is 10.3 Å². The molecule has 1 saturated carbocycles. The molecule has 1 N–H and O–H groups in total. The molecule has 17 heavy (non-hydrogen) atoms. The lowest BCUT2D eigenvalue weighted by Crippen LogP contribution is -2.46. The molecule has 0 amide bonds. The van der Waals surface area contributed by atoms with Gasteiger partial charge in [-0.1, -0.05) is 20.8 Å². The molecule has 5 heteroatoms. The van der Waals surface area contributed by atoms with E-state index in [9.17, 15) is 13.5 Å². The summed E-state index contributed by atoms with van der Waals surface area (Å²) in [5.41, 5.74) is -1.10. The van der Waals surface area contributed by atoms with Crippen molar-refractivity contribution in [3.8, 4) is 0 Å². The van der Waals surface area contributed by atoms with Crippen LogP contribution in [0.4, 0.5) is 0 Å². The summed E-state index contributed by atoms with van der Waals surface area (Å²) in [6.07, 6.45) is 2.03. The molecule has 100 valence electrons. The molecule has 1 heterocycles. The Morgan fingerprint density at radius 2 is 1.71 bits per heavy atom. The van der Waals surface area contributed by atoms with Crippen LogP contribution in [0.1, 0.15) is 47.0 Å². The first-order valence-electron chi connectivity index (χ1n) is 6.24. The number of β-amino-alcohol motifs (C(OH)–C–C–N with tert-alkyl or cyclic N) is 1. The molecule has 1 atom stereocenters. The zero-order chi connectivity index (χ0) is 13.1. The quantitative estimate of drug-likeness (QED) is 0.816. The minimum Gasteiger partial charge on any atom is -0.389 e. The summed E-state index contributed by atoms with van der Waals surface area (Å²) >= 11 is 0. The predicted octanol–water partition coefficient (Wildman–Crippen LogP) is 1.35. The smallest absolute Gasteiger partial charge is 0.220 e. The third kappa shape index (κ3) is 1.92. The van der Waals surface area contributed by atoms with Gasteiger partial charge in [0, 0.05) is 13.1 Å². The van der Waals surface area contributed by atoms with Gasteiger partial charge in [0.2, 0.25) is 10.0 Å². The maximum Gasteiger partial charge on any atom is 0.220 e. The highest BCUT2D eigenvalue weighted by Crippen LogP contribution is 2.57. The van der Waals surface area contributed by atoms with E-state index >= 15 is 0 Å². The van der Waals surface area contributed by atoms with Crippen LogP contribution in [0.3, 0.4) is 0 Å². The van der Waals surface area contributed by atoms with Gasteiger partial charge in [0.25, 0.3) is 0 Å². The second kappa shape index (κ2) is 3.45. The summed E-state index contributed by atoms with van der Waals surface area (Å²) in [7, 11) is -3.28. The zero-order valence-corrected chi connectivity index (χ0v) is 12.0. The molecule has 0 radical (unpaired) electrons. The van der Waals surface area contributed by atoms with Gasteiger partial charge < -0.3 is 5.11 Å². The van der Waals surface area contributed by atoms with Crippen molar-refractivity contribution in [1.29, 1.82) is 0 Å². The molecular formula is C12H23NO3S. The van der Waals surface area contributed by atoms with Crippen molar-refractivity contribution in [1.82, 2.24) is 4.31 Å². The number of aliphatic hydroxyl groups is 1. The highest BCUT2D eigenvalue weighted by molar-refractivity contribution is 7.90. The van der Waals surface area contributed by atoms with E-state index in [4.69, 9.17) is 0 Å². The molecule has 1 unspecified atom stereocenters. The van der Waals surface area contributed by atoms with E-state index in [0.717, 1.165) is 12.8 Å². The van der Waals surface area contributed by atoms with Crippen molar-refractivity contribution in [2.24, 2.45) is 5.41 Å². The molecule has 2 rings (SSSR count). The topological polar surface area (TPSA) is 57.6 Å². The summed E-state index contributed by atoms with van der Waals surface area (Å²) < 4.78 is 26.2. The van der Waals surface area contributed by atoms with Crippen LogP contribution in [0.2, 0.25) is 0 Å².